The van der Waals surface area contributed by atoms with Crippen molar-refractivity contribution in [2.24, 2.45) is 16.7 Å². The van der Waals surface area contributed by atoms with E-state index in [9.17, 15) is 9.90 Å². The zero-order valence-corrected chi connectivity index (χ0v) is 14.8. The Bertz CT molecular complexity index is 673. The number of hydrogen-bond acceptors (Lipinski definition) is 4. The lowest BCUT2D eigenvalue weighted by molar-refractivity contribution is -0.146. The average molecular weight is 330 g/mol. The number of rotatable bonds is 4. The number of methoxy groups -OCH3 is 1. The minimum atomic E-state index is -0.306. The van der Waals surface area contributed by atoms with Crippen LogP contribution in [0.25, 0.3) is 6.08 Å². The summed E-state index contributed by atoms with van der Waals surface area (Å²) in [6, 6.07) is 4.95. The molecule has 2 saturated carbocycles. The Morgan fingerprint density at radius 3 is 2.67 bits per heavy atom. The van der Waals surface area contributed by atoms with E-state index in [4.69, 9.17) is 9.47 Å². The Kier molecular flexibility index (Phi) is 4.10. The third kappa shape index (κ3) is 2.68. The molecule has 0 unspecified atom stereocenters. The molecular weight excluding hydrogens is 304 g/mol. The van der Waals surface area contributed by atoms with E-state index >= 15 is 0 Å². The SMILES string of the molecule is COc1cc(/C=C/C(=O)O[C@@H]2C[C@]3(C)CC[C@H]2C3(C)C)ccc1O. The van der Waals surface area contributed by atoms with Gasteiger partial charge >= 0.3 is 5.97 Å². The fourth-order valence-corrected chi connectivity index (χ4v) is 4.48. The zero-order valence-electron chi connectivity index (χ0n) is 14.8. The lowest BCUT2D eigenvalue weighted by Crippen LogP contribution is -2.27. The van der Waals surface area contributed by atoms with Gasteiger partial charge < -0.3 is 14.6 Å². The molecule has 0 spiro atoms. The van der Waals surface area contributed by atoms with Gasteiger partial charge in [-0.2, -0.15) is 0 Å². The van der Waals surface area contributed by atoms with E-state index in [1.54, 1.807) is 24.3 Å². The molecule has 0 aliphatic heterocycles. The molecule has 0 radical (unpaired) electrons. The van der Waals surface area contributed by atoms with E-state index in [-0.39, 0.29) is 28.7 Å². The van der Waals surface area contributed by atoms with Crippen LogP contribution < -0.4 is 4.74 Å². The van der Waals surface area contributed by atoms with Crippen molar-refractivity contribution in [1.29, 1.82) is 0 Å². The van der Waals surface area contributed by atoms with Gasteiger partial charge in [0.05, 0.1) is 7.11 Å². The Labute approximate surface area is 143 Å². The predicted octanol–water partition coefficient (Wildman–Crippen LogP) is 4.17. The Hall–Kier alpha value is -1.97. The first kappa shape index (κ1) is 16.9. The van der Waals surface area contributed by atoms with Crippen LogP contribution in [0.15, 0.2) is 24.3 Å². The second-order valence-electron chi connectivity index (χ2n) is 7.87. The number of esters is 1. The fourth-order valence-electron chi connectivity index (χ4n) is 4.48. The number of phenols is 1. The lowest BCUT2D eigenvalue weighted by Gasteiger charge is -2.33. The molecule has 130 valence electrons. The van der Waals surface area contributed by atoms with Crippen LogP contribution in [0.5, 0.6) is 11.5 Å². The van der Waals surface area contributed by atoms with Crippen LogP contribution in [0.1, 0.15) is 45.6 Å². The molecule has 1 aromatic carbocycles. The maximum absolute atomic E-state index is 12.2. The summed E-state index contributed by atoms with van der Waals surface area (Å²) in [5.41, 5.74) is 1.28. The molecule has 2 fully saturated rings. The molecule has 24 heavy (non-hydrogen) atoms. The van der Waals surface area contributed by atoms with Crippen LogP contribution in [0, 0.1) is 16.7 Å². The van der Waals surface area contributed by atoms with Crippen molar-refractivity contribution in [3.63, 3.8) is 0 Å². The lowest BCUT2D eigenvalue weighted by atomic mass is 9.71. The van der Waals surface area contributed by atoms with Gasteiger partial charge in [0.1, 0.15) is 6.10 Å². The summed E-state index contributed by atoms with van der Waals surface area (Å²) in [7, 11) is 1.49. The maximum atomic E-state index is 12.2. The molecule has 1 N–H and O–H groups in total. The molecule has 1 aromatic rings. The summed E-state index contributed by atoms with van der Waals surface area (Å²) in [5, 5.41) is 9.60. The number of carbonyl (C=O) groups is 1. The minimum absolute atomic E-state index is 0.0188. The summed E-state index contributed by atoms with van der Waals surface area (Å²) < 4.78 is 10.8. The van der Waals surface area contributed by atoms with Gasteiger partial charge in [0.2, 0.25) is 0 Å². The summed E-state index contributed by atoms with van der Waals surface area (Å²) >= 11 is 0. The van der Waals surface area contributed by atoms with Gasteiger partial charge in [-0.15, -0.1) is 0 Å². The Morgan fingerprint density at radius 2 is 2.08 bits per heavy atom. The van der Waals surface area contributed by atoms with Crippen molar-refractivity contribution in [2.45, 2.75) is 46.1 Å². The van der Waals surface area contributed by atoms with E-state index in [2.05, 4.69) is 20.8 Å². The van der Waals surface area contributed by atoms with E-state index in [0.29, 0.717) is 11.7 Å². The second-order valence-corrected chi connectivity index (χ2v) is 7.87. The van der Waals surface area contributed by atoms with Crippen LogP contribution >= 0.6 is 0 Å². The summed E-state index contributed by atoms with van der Waals surface area (Å²) in [5.74, 6) is 0.607. The van der Waals surface area contributed by atoms with Crippen molar-refractivity contribution in [1.82, 2.24) is 0 Å². The first-order valence-corrected chi connectivity index (χ1v) is 8.52. The van der Waals surface area contributed by atoms with Gasteiger partial charge in [0.15, 0.2) is 11.5 Å². The third-order valence-electron chi connectivity index (χ3n) is 6.47. The molecule has 4 heteroatoms. The maximum Gasteiger partial charge on any atom is 0.331 e. The zero-order chi connectivity index (χ0) is 17.5. The van der Waals surface area contributed by atoms with Crippen LogP contribution in [0.3, 0.4) is 0 Å². The van der Waals surface area contributed by atoms with E-state index in [1.807, 2.05) is 0 Å². The standard InChI is InChI=1S/C20H26O4/c1-19(2)14-9-10-20(19,3)12-17(14)24-18(22)8-6-13-5-7-15(21)16(11-13)23-4/h5-8,11,14,17,21H,9-10,12H2,1-4H3/b8-6+/t14-,17-,20+/m1/s1. The van der Waals surface area contributed by atoms with Crippen molar-refractivity contribution in [3.05, 3.63) is 29.8 Å². The Morgan fingerprint density at radius 1 is 1.33 bits per heavy atom. The van der Waals surface area contributed by atoms with Crippen molar-refractivity contribution >= 4 is 12.0 Å². The van der Waals surface area contributed by atoms with Crippen LogP contribution in [-0.2, 0) is 9.53 Å². The number of fused-ring (bicyclic) bond motifs is 2. The van der Waals surface area contributed by atoms with Gasteiger partial charge in [-0.3, -0.25) is 0 Å². The molecule has 0 aromatic heterocycles. The van der Waals surface area contributed by atoms with E-state index in [0.717, 1.165) is 18.4 Å². The number of phenolic OH excluding ortho intramolecular Hbond substituents is 1. The molecule has 0 saturated heterocycles. The molecule has 2 aliphatic carbocycles. The van der Waals surface area contributed by atoms with Crippen molar-refractivity contribution in [2.75, 3.05) is 7.11 Å². The van der Waals surface area contributed by atoms with E-state index in [1.165, 1.54) is 19.6 Å². The number of benzene rings is 1. The predicted molar refractivity (Wildman–Crippen MR) is 92.8 cm³/mol. The molecule has 0 amide bonds. The highest BCUT2D eigenvalue weighted by atomic mass is 16.5. The van der Waals surface area contributed by atoms with Crippen molar-refractivity contribution in [3.8, 4) is 11.5 Å². The third-order valence-corrected chi connectivity index (χ3v) is 6.47. The highest BCUT2D eigenvalue weighted by Gasteiger charge is 2.61. The van der Waals surface area contributed by atoms with Gasteiger partial charge in [-0.05, 0) is 53.9 Å². The number of aromatic hydroxyl groups is 1. The molecule has 2 bridgehead atoms. The Balaban J connectivity index is 1.65. The van der Waals surface area contributed by atoms with Crippen LogP contribution in [0.2, 0.25) is 0 Å². The quantitative estimate of drug-likeness (QED) is 0.665. The smallest absolute Gasteiger partial charge is 0.331 e. The highest BCUT2D eigenvalue weighted by Crippen LogP contribution is 2.66. The number of hydrogen-bond donors (Lipinski definition) is 1. The van der Waals surface area contributed by atoms with Crippen LogP contribution in [0.4, 0.5) is 0 Å². The molecule has 0 heterocycles. The first-order chi connectivity index (χ1) is 11.3. The molecule has 3 atom stereocenters. The van der Waals surface area contributed by atoms with Gasteiger partial charge in [-0.25, -0.2) is 4.79 Å². The minimum Gasteiger partial charge on any atom is -0.504 e. The van der Waals surface area contributed by atoms with Gasteiger partial charge in [-0.1, -0.05) is 26.8 Å². The summed E-state index contributed by atoms with van der Waals surface area (Å²) in [4.78, 5) is 12.2. The van der Waals surface area contributed by atoms with Gasteiger partial charge in [0.25, 0.3) is 0 Å². The normalized spacial score (nSPS) is 30.7. The summed E-state index contributed by atoms with van der Waals surface area (Å²) in [6.45, 7) is 6.92. The summed E-state index contributed by atoms with van der Waals surface area (Å²) in [6.07, 6.45) is 6.47. The fraction of sp³-hybridized carbons (Fsp3) is 0.550. The van der Waals surface area contributed by atoms with Crippen LogP contribution in [-0.4, -0.2) is 24.3 Å². The molecule has 2 aliphatic rings. The topological polar surface area (TPSA) is 55.8 Å². The number of ether oxygens (including phenoxy) is 2. The molecule has 3 rings (SSSR count). The van der Waals surface area contributed by atoms with E-state index < -0.39 is 0 Å². The second kappa shape index (κ2) is 5.83. The van der Waals surface area contributed by atoms with Crippen molar-refractivity contribution < 1.29 is 19.4 Å². The number of carbonyl (C=O) groups excluding carboxylic acids is 1. The average Bonchev–Trinajstić information content (AvgIpc) is 2.86. The monoisotopic (exact) mass is 330 g/mol. The van der Waals surface area contributed by atoms with Gasteiger partial charge in [0, 0.05) is 12.0 Å². The molecular formula is C20H26O4. The highest BCUT2D eigenvalue weighted by molar-refractivity contribution is 5.87. The largest absolute Gasteiger partial charge is 0.504 e. The first-order valence-electron chi connectivity index (χ1n) is 8.52. The molecule has 4 nitrogen and oxygen atoms in total.